The standard InChI is InChI=1S/C21H18N4O3/c1-25(2)17-10-4-3-9-16(17)19(26)22-15-8-5-7-14(13-15)20-23-24-21(28-20)18-11-6-12-27-18/h3-13H,1-2H3,(H,22,26). The van der Waals surface area contributed by atoms with Gasteiger partial charge in [0.05, 0.1) is 11.8 Å². The fourth-order valence-electron chi connectivity index (χ4n) is 2.82. The number of carbonyl (C=O) groups excluding carboxylic acids is 1. The number of carbonyl (C=O) groups is 1. The number of benzene rings is 2. The van der Waals surface area contributed by atoms with Crippen molar-refractivity contribution in [3.63, 3.8) is 0 Å². The van der Waals surface area contributed by atoms with Crippen LogP contribution >= 0.6 is 0 Å². The first kappa shape index (κ1) is 17.5. The molecule has 1 N–H and O–H groups in total. The van der Waals surface area contributed by atoms with Crippen molar-refractivity contribution in [3.8, 4) is 23.1 Å². The highest BCUT2D eigenvalue weighted by Gasteiger charge is 2.15. The predicted octanol–water partition coefficient (Wildman–Crippen LogP) is 4.31. The maximum absolute atomic E-state index is 12.7. The van der Waals surface area contributed by atoms with Crippen molar-refractivity contribution in [2.75, 3.05) is 24.3 Å². The number of amides is 1. The molecule has 0 radical (unpaired) electrons. The van der Waals surface area contributed by atoms with Gasteiger partial charge in [-0.1, -0.05) is 18.2 Å². The molecule has 0 fully saturated rings. The molecule has 4 rings (SSSR count). The third kappa shape index (κ3) is 3.50. The van der Waals surface area contributed by atoms with Gasteiger partial charge in [-0.2, -0.15) is 0 Å². The van der Waals surface area contributed by atoms with Gasteiger partial charge < -0.3 is 19.1 Å². The fourth-order valence-corrected chi connectivity index (χ4v) is 2.82. The van der Waals surface area contributed by atoms with Crippen molar-refractivity contribution in [2.45, 2.75) is 0 Å². The smallest absolute Gasteiger partial charge is 0.283 e. The summed E-state index contributed by atoms with van der Waals surface area (Å²) in [6, 6.07) is 18.2. The van der Waals surface area contributed by atoms with Crippen LogP contribution in [-0.2, 0) is 0 Å². The Kier molecular flexibility index (Phi) is 4.63. The molecule has 0 atom stereocenters. The summed E-state index contributed by atoms with van der Waals surface area (Å²) < 4.78 is 10.9. The van der Waals surface area contributed by atoms with Gasteiger partial charge in [0.25, 0.3) is 11.8 Å². The molecule has 0 spiro atoms. The Labute approximate surface area is 161 Å². The van der Waals surface area contributed by atoms with Gasteiger partial charge >= 0.3 is 0 Å². The van der Waals surface area contributed by atoms with E-state index >= 15 is 0 Å². The lowest BCUT2D eigenvalue weighted by molar-refractivity contribution is 0.102. The van der Waals surface area contributed by atoms with E-state index in [0.29, 0.717) is 34.4 Å². The lowest BCUT2D eigenvalue weighted by Gasteiger charge is -2.17. The SMILES string of the molecule is CN(C)c1ccccc1C(=O)Nc1cccc(-c2nnc(-c3ccco3)o2)c1. The second-order valence-corrected chi connectivity index (χ2v) is 6.34. The molecule has 28 heavy (non-hydrogen) atoms. The summed E-state index contributed by atoms with van der Waals surface area (Å²) in [6.45, 7) is 0. The van der Waals surface area contributed by atoms with Gasteiger partial charge in [0, 0.05) is 31.0 Å². The van der Waals surface area contributed by atoms with Crippen LogP contribution in [0.5, 0.6) is 0 Å². The summed E-state index contributed by atoms with van der Waals surface area (Å²) in [6.07, 6.45) is 1.54. The maximum atomic E-state index is 12.7. The van der Waals surface area contributed by atoms with Crippen LogP contribution in [0.25, 0.3) is 23.1 Å². The molecule has 1 amide bonds. The largest absolute Gasteiger partial charge is 0.459 e. The topological polar surface area (TPSA) is 84.4 Å². The summed E-state index contributed by atoms with van der Waals surface area (Å²) in [5.74, 6) is 0.956. The van der Waals surface area contributed by atoms with E-state index in [1.54, 1.807) is 30.5 Å². The molecule has 0 aliphatic rings. The Hall–Kier alpha value is -3.87. The highest BCUT2D eigenvalue weighted by molar-refractivity contribution is 6.08. The van der Waals surface area contributed by atoms with E-state index in [1.807, 2.05) is 55.4 Å². The average Bonchev–Trinajstić information content (AvgIpc) is 3.40. The van der Waals surface area contributed by atoms with Crippen molar-refractivity contribution in [2.24, 2.45) is 0 Å². The predicted molar refractivity (Wildman–Crippen MR) is 106 cm³/mol. The van der Waals surface area contributed by atoms with Crippen LogP contribution in [0, 0.1) is 0 Å². The minimum atomic E-state index is -0.191. The minimum Gasteiger partial charge on any atom is -0.459 e. The second kappa shape index (κ2) is 7.40. The van der Waals surface area contributed by atoms with Crippen LogP contribution in [0.4, 0.5) is 11.4 Å². The van der Waals surface area contributed by atoms with Crippen LogP contribution in [-0.4, -0.2) is 30.2 Å². The Balaban J connectivity index is 1.57. The molecule has 0 saturated heterocycles. The molecule has 2 aromatic heterocycles. The number of nitrogens with one attached hydrogen (secondary N) is 1. The van der Waals surface area contributed by atoms with E-state index in [-0.39, 0.29) is 5.91 Å². The second-order valence-electron chi connectivity index (χ2n) is 6.34. The molecule has 2 aromatic carbocycles. The normalized spacial score (nSPS) is 10.6. The van der Waals surface area contributed by atoms with Crippen molar-refractivity contribution in [3.05, 3.63) is 72.5 Å². The molecular weight excluding hydrogens is 356 g/mol. The highest BCUT2D eigenvalue weighted by atomic mass is 16.4. The van der Waals surface area contributed by atoms with Crippen LogP contribution in [0.3, 0.4) is 0 Å². The number of nitrogens with zero attached hydrogens (tertiary/aromatic N) is 3. The van der Waals surface area contributed by atoms with E-state index in [2.05, 4.69) is 15.5 Å². The van der Waals surface area contributed by atoms with Crippen LogP contribution in [0.15, 0.2) is 75.8 Å². The Morgan fingerprint density at radius 2 is 1.79 bits per heavy atom. The third-order valence-electron chi connectivity index (χ3n) is 4.15. The molecule has 7 heteroatoms. The van der Waals surface area contributed by atoms with E-state index in [1.165, 1.54) is 0 Å². The van der Waals surface area contributed by atoms with E-state index < -0.39 is 0 Å². The summed E-state index contributed by atoms with van der Waals surface area (Å²) in [4.78, 5) is 14.6. The van der Waals surface area contributed by atoms with Crippen molar-refractivity contribution in [1.82, 2.24) is 10.2 Å². The zero-order valence-electron chi connectivity index (χ0n) is 15.4. The highest BCUT2D eigenvalue weighted by Crippen LogP contribution is 2.26. The Morgan fingerprint density at radius 1 is 0.964 bits per heavy atom. The minimum absolute atomic E-state index is 0.191. The lowest BCUT2D eigenvalue weighted by atomic mass is 10.1. The number of para-hydroxylation sites is 1. The number of hydrogen-bond acceptors (Lipinski definition) is 6. The molecule has 7 nitrogen and oxygen atoms in total. The lowest BCUT2D eigenvalue weighted by Crippen LogP contribution is -2.18. The summed E-state index contributed by atoms with van der Waals surface area (Å²) in [5, 5.41) is 11.0. The first-order valence-electron chi connectivity index (χ1n) is 8.67. The fraction of sp³-hybridized carbons (Fsp3) is 0.0952. The summed E-state index contributed by atoms with van der Waals surface area (Å²) >= 11 is 0. The summed E-state index contributed by atoms with van der Waals surface area (Å²) in [5.41, 5.74) is 2.77. The van der Waals surface area contributed by atoms with E-state index in [9.17, 15) is 4.79 Å². The Morgan fingerprint density at radius 3 is 2.57 bits per heavy atom. The average molecular weight is 374 g/mol. The van der Waals surface area contributed by atoms with E-state index in [0.717, 1.165) is 5.69 Å². The molecule has 140 valence electrons. The maximum Gasteiger partial charge on any atom is 0.283 e. The van der Waals surface area contributed by atoms with Crippen LogP contribution < -0.4 is 10.2 Å². The van der Waals surface area contributed by atoms with Gasteiger partial charge in [-0.15, -0.1) is 10.2 Å². The monoisotopic (exact) mass is 374 g/mol. The van der Waals surface area contributed by atoms with Crippen LogP contribution in [0.2, 0.25) is 0 Å². The number of rotatable bonds is 5. The molecule has 0 saturated carbocycles. The molecule has 0 unspecified atom stereocenters. The number of hydrogen-bond donors (Lipinski definition) is 1. The molecule has 2 heterocycles. The van der Waals surface area contributed by atoms with Gasteiger partial charge in [-0.05, 0) is 42.5 Å². The number of furan rings is 1. The van der Waals surface area contributed by atoms with Gasteiger partial charge in [-0.25, -0.2) is 0 Å². The third-order valence-corrected chi connectivity index (χ3v) is 4.15. The number of aromatic nitrogens is 2. The zero-order valence-corrected chi connectivity index (χ0v) is 15.4. The zero-order chi connectivity index (χ0) is 19.5. The van der Waals surface area contributed by atoms with Gasteiger partial charge in [-0.3, -0.25) is 4.79 Å². The molecular formula is C21H18N4O3. The van der Waals surface area contributed by atoms with Crippen molar-refractivity contribution < 1.29 is 13.6 Å². The first-order valence-corrected chi connectivity index (χ1v) is 8.67. The van der Waals surface area contributed by atoms with Gasteiger partial charge in [0.2, 0.25) is 5.89 Å². The molecule has 0 aliphatic carbocycles. The Bertz CT molecular complexity index is 1100. The quantitative estimate of drug-likeness (QED) is 0.560. The van der Waals surface area contributed by atoms with Crippen molar-refractivity contribution >= 4 is 17.3 Å². The summed E-state index contributed by atoms with van der Waals surface area (Å²) in [7, 11) is 3.80. The molecule has 0 aliphatic heterocycles. The van der Waals surface area contributed by atoms with Gasteiger partial charge in [0.15, 0.2) is 5.76 Å². The first-order chi connectivity index (χ1) is 13.6. The molecule has 0 bridgehead atoms. The van der Waals surface area contributed by atoms with Crippen LogP contribution in [0.1, 0.15) is 10.4 Å². The van der Waals surface area contributed by atoms with Gasteiger partial charge in [0.1, 0.15) is 0 Å². The van der Waals surface area contributed by atoms with Crippen molar-refractivity contribution in [1.29, 1.82) is 0 Å². The number of anilines is 2. The molecule has 4 aromatic rings. The van der Waals surface area contributed by atoms with E-state index in [4.69, 9.17) is 8.83 Å².